The van der Waals surface area contributed by atoms with Crippen molar-refractivity contribution >= 4 is 23.1 Å². The second-order valence-electron chi connectivity index (χ2n) is 7.90. The molecule has 8 nitrogen and oxygen atoms in total. The Morgan fingerprint density at radius 2 is 2.03 bits per heavy atom. The zero-order chi connectivity index (χ0) is 21.5. The lowest BCUT2D eigenvalue weighted by Crippen LogP contribution is -2.18. The molecular weight excluding hydrogens is 392 g/mol. The number of hydrogen-bond acceptors (Lipinski definition) is 5. The number of aromatic nitrogens is 6. The number of aryl methyl sites for hydroxylation is 3. The van der Waals surface area contributed by atoms with Gasteiger partial charge in [0.1, 0.15) is 6.10 Å². The second kappa shape index (κ2) is 7.61. The van der Waals surface area contributed by atoms with Gasteiger partial charge >= 0.3 is 0 Å². The monoisotopic (exact) mass is 418 g/mol. The van der Waals surface area contributed by atoms with Crippen molar-refractivity contribution in [1.29, 1.82) is 0 Å². The number of H-pyrrole nitrogens is 1. The Kier molecular flexibility index (Phi) is 4.77. The number of ether oxygens (including phenoxy) is 2. The molecule has 4 aromatic rings. The summed E-state index contributed by atoms with van der Waals surface area (Å²) in [4.78, 5) is 0. The van der Waals surface area contributed by atoms with Crippen molar-refractivity contribution < 1.29 is 9.47 Å². The summed E-state index contributed by atoms with van der Waals surface area (Å²) in [5.74, 6) is 1.51. The molecule has 0 radical (unpaired) electrons. The van der Waals surface area contributed by atoms with E-state index < -0.39 is 0 Å². The Labute approximate surface area is 180 Å². The van der Waals surface area contributed by atoms with Crippen LogP contribution in [0.5, 0.6) is 11.8 Å². The maximum absolute atomic E-state index is 6.31. The fourth-order valence-corrected chi connectivity index (χ4v) is 4.00. The number of fused-ring (bicyclic) bond motifs is 4. The summed E-state index contributed by atoms with van der Waals surface area (Å²) < 4.78 is 16.0. The van der Waals surface area contributed by atoms with E-state index in [0.29, 0.717) is 6.61 Å². The van der Waals surface area contributed by atoms with Crippen LogP contribution in [0, 0.1) is 0 Å². The molecule has 0 unspecified atom stereocenters. The van der Waals surface area contributed by atoms with Crippen LogP contribution in [0.1, 0.15) is 37.2 Å². The first-order valence-electron chi connectivity index (χ1n) is 10.6. The number of hydrogen-bond donors (Lipinski definition) is 1. The molecule has 0 saturated heterocycles. The van der Waals surface area contributed by atoms with E-state index in [1.165, 1.54) is 0 Å². The van der Waals surface area contributed by atoms with Gasteiger partial charge in [-0.2, -0.15) is 15.3 Å². The molecule has 1 aromatic carbocycles. The average molecular weight is 419 g/mol. The van der Waals surface area contributed by atoms with E-state index in [9.17, 15) is 0 Å². The lowest BCUT2D eigenvalue weighted by Gasteiger charge is -2.16. The molecule has 1 N–H and O–H groups in total. The number of benzene rings is 1. The smallest absolute Gasteiger partial charge is 0.219 e. The van der Waals surface area contributed by atoms with E-state index in [0.717, 1.165) is 63.6 Å². The molecule has 5 rings (SSSR count). The highest BCUT2D eigenvalue weighted by Crippen LogP contribution is 2.33. The van der Waals surface area contributed by atoms with Crippen molar-refractivity contribution in [3.63, 3.8) is 0 Å². The summed E-state index contributed by atoms with van der Waals surface area (Å²) in [6.07, 6.45) is 7.49. The largest absolute Gasteiger partial charge is 0.477 e. The third-order valence-corrected chi connectivity index (χ3v) is 5.71. The van der Waals surface area contributed by atoms with Crippen molar-refractivity contribution in [2.24, 2.45) is 14.1 Å². The van der Waals surface area contributed by atoms with Gasteiger partial charge in [-0.15, -0.1) is 0 Å². The number of nitrogens with one attached hydrogen (secondary N) is 1. The lowest BCUT2D eigenvalue weighted by atomic mass is 10.0. The first-order valence-corrected chi connectivity index (χ1v) is 10.6. The molecule has 0 saturated carbocycles. The Balaban J connectivity index is 1.68. The van der Waals surface area contributed by atoms with Crippen LogP contribution in [0.15, 0.2) is 24.4 Å². The molecule has 1 aliphatic heterocycles. The number of rotatable bonds is 1. The summed E-state index contributed by atoms with van der Waals surface area (Å²) in [7, 11) is 3.81. The van der Waals surface area contributed by atoms with Crippen LogP contribution >= 0.6 is 0 Å². The molecule has 8 heteroatoms. The fraction of sp³-hybridized carbons (Fsp3) is 0.348. The van der Waals surface area contributed by atoms with E-state index in [1.54, 1.807) is 4.68 Å². The lowest BCUT2D eigenvalue weighted by molar-refractivity contribution is 0.161. The van der Waals surface area contributed by atoms with Gasteiger partial charge in [-0.25, -0.2) is 9.36 Å². The van der Waals surface area contributed by atoms with Crippen molar-refractivity contribution in [1.82, 2.24) is 29.8 Å². The molecular formula is C23H26N6O2. The number of aromatic amines is 1. The minimum absolute atomic E-state index is 0.0334. The SMILES string of the molecule is CCc1nn(C)c2c1/C=C/c1[nH]nc3ccc(cc13)-c1cnn(C)c1OCC[C@@H](C)O2. The Hall–Kier alpha value is -3.55. The van der Waals surface area contributed by atoms with E-state index >= 15 is 0 Å². The van der Waals surface area contributed by atoms with Crippen LogP contribution in [0.4, 0.5) is 0 Å². The maximum atomic E-state index is 6.31. The zero-order valence-corrected chi connectivity index (χ0v) is 18.2. The molecule has 4 heterocycles. The topological polar surface area (TPSA) is 82.8 Å². The molecule has 1 aliphatic rings. The summed E-state index contributed by atoms with van der Waals surface area (Å²) >= 11 is 0. The molecule has 0 aliphatic carbocycles. The van der Waals surface area contributed by atoms with Gasteiger partial charge in [0.2, 0.25) is 11.8 Å². The summed E-state index contributed by atoms with van der Waals surface area (Å²) in [5.41, 5.74) is 5.85. The van der Waals surface area contributed by atoms with Crippen LogP contribution < -0.4 is 9.47 Å². The van der Waals surface area contributed by atoms with E-state index in [4.69, 9.17) is 9.47 Å². The van der Waals surface area contributed by atoms with Crippen molar-refractivity contribution in [3.05, 3.63) is 41.3 Å². The van der Waals surface area contributed by atoms with Crippen LogP contribution in [-0.4, -0.2) is 42.5 Å². The predicted octanol–water partition coefficient (Wildman–Crippen LogP) is 3.98. The fourth-order valence-electron chi connectivity index (χ4n) is 4.00. The highest BCUT2D eigenvalue weighted by Gasteiger charge is 2.19. The Bertz CT molecular complexity index is 1280. The molecule has 0 spiro atoms. The first kappa shape index (κ1) is 19.4. The summed E-state index contributed by atoms with van der Waals surface area (Å²) in [6, 6.07) is 6.20. The molecule has 2 bridgehead atoms. The van der Waals surface area contributed by atoms with Crippen LogP contribution in [0.25, 0.3) is 34.2 Å². The van der Waals surface area contributed by atoms with Gasteiger partial charge in [-0.3, -0.25) is 5.10 Å². The summed E-state index contributed by atoms with van der Waals surface area (Å²) in [6.45, 7) is 4.68. The molecule has 31 heavy (non-hydrogen) atoms. The van der Waals surface area contributed by atoms with Crippen LogP contribution in [0.2, 0.25) is 0 Å². The minimum atomic E-state index is -0.0334. The third-order valence-electron chi connectivity index (χ3n) is 5.71. The van der Waals surface area contributed by atoms with Gasteiger partial charge in [0.15, 0.2) is 0 Å². The second-order valence-corrected chi connectivity index (χ2v) is 7.90. The Morgan fingerprint density at radius 1 is 1.16 bits per heavy atom. The van der Waals surface area contributed by atoms with Crippen molar-refractivity contribution in [3.8, 4) is 22.9 Å². The van der Waals surface area contributed by atoms with Gasteiger partial charge in [-0.1, -0.05) is 13.0 Å². The van der Waals surface area contributed by atoms with Gasteiger partial charge < -0.3 is 9.47 Å². The standard InChI is InChI=1S/C23H26N6O2/c1-5-19-16-7-9-21-17-12-15(6-8-20(17)25-26-21)18-13-24-28(3)22(18)30-11-10-14(2)31-23(16)29(4)27-19/h6-9,12-14H,5,10-11H2,1-4H3,(H,25,26)/b9-7+/t14-/m1/s1. The first-order chi connectivity index (χ1) is 15.0. The van der Waals surface area contributed by atoms with Crippen molar-refractivity contribution in [2.75, 3.05) is 6.61 Å². The maximum Gasteiger partial charge on any atom is 0.219 e. The van der Waals surface area contributed by atoms with Gasteiger partial charge in [0.25, 0.3) is 0 Å². The normalized spacial score (nSPS) is 17.4. The van der Waals surface area contributed by atoms with Crippen LogP contribution in [0.3, 0.4) is 0 Å². The minimum Gasteiger partial charge on any atom is -0.477 e. The average Bonchev–Trinajstić information content (AvgIpc) is 3.42. The quantitative estimate of drug-likeness (QED) is 0.506. The molecule has 0 fully saturated rings. The number of nitrogens with zero attached hydrogens (tertiary/aromatic N) is 5. The molecule has 160 valence electrons. The zero-order valence-electron chi connectivity index (χ0n) is 18.2. The summed E-state index contributed by atoms with van der Waals surface area (Å²) in [5, 5.41) is 17.7. The molecule has 1 atom stereocenters. The van der Waals surface area contributed by atoms with Crippen LogP contribution in [-0.2, 0) is 20.5 Å². The highest BCUT2D eigenvalue weighted by atomic mass is 16.5. The highest BCUT2D eigenvalue weighted by molar-refractivity contribution is 5.93. The van der Waals surface area contributed by atoms with Gasteiger partial charge in [0.05, 0.1) is 40.8 Å². The van der Waals surface area contributed by atoms with Gasteiger partial charge in [0, 0.05) is 25.9 Å². The third kappa shape index (κ3) is 3.37. The Morgan fingerprint density at radius 3 is 2.87 bits per heavy atom. The molecule has 0 amide bonds. The van der Waals surface area contributed by atoms with E-state index in [-0.39, 0.29) is 6.10 Å². The molecule has 3 aromatic heterocycles. The predicted molar refractivity (Wildman–Crippen MR) is 120 cm³/mol. The van der Waals surface area contributed by atoms with Crippen molar-refractivity contribution in [2.45, 2.75) is 32.8 Å². The van der Waals surface area contributed by atoms with Gasteiger partial charge in [-0.05, 0) is 43.2 Å². The van der Waals surface area contributed by atoms with E-state index in [1.807, 2.05) is 37.1 Å². The van der Waals surface area contributed by atoms with E-state index in [2.05, 4.69) is 52.5 Å².